The fourth-order valence-corrected chi connectivity index (χ4v) is 5.24. The van der Waals surface area contributed by atoms with Crippen LogP contribution in [0.5, 0.6) is 0 Å². The van der Waals surface area contributed by atoms with E-state index >= 15 is 0 Å². The van der Waals surface area contributed by atoms with E-state index in [0.717, 1.165) is 64.2 Å². The third-order valence-electron chi connectivity index (χ3n) is 8.28. The van der Waals surface area contributed by atoms with Gasteiger partial charge >= 0.3 is 48.9 Å². The smallest absolute Gasteiger partial charge is 0.550 e. The summed E-state index contributed by atoms with van der Waals surface area (Å²) in [4.78, 5) is 20.5. The quantitative estimate of drug-likeness (QED) is 0.0544. The Morgan fingerprint density at radius 1 is 0.419 bits per heavy atom. The molecule has 0 aromatic heterocycles. The van der Waals surface area contributed by atoms with E-state index in [9.17, 15) is 30.0 Å². The molecule has 0 radical (unpaired) electrons. The number of carboxylic acid groups (broad SMARTS) is 2. The number of hydrogen-bond donors (Lipinski definition) is 2. The van der Waals surface area contributed by atoms with Gasteiger partial charge in [0.25, 0.3) is 0 Å². The number of hydrogen-bond acceptors (Lipinski definition) is 6. The predicted octanol–water partition coefficient (Wildman–Crippen LogP) is 7.56. The van der Waals surface area contributed by atoms with Crippen LogP contribution in [0.4, 0.5) is 0 Å². The molecule has 0 aliphatic rings. The van der Waals surface area contributed by atoms with Crippen LogP contribution in [0.15, 0.2) is 0 Å². The first-order valence-electron chi connectivity index (χ1n) is 18.1. The van der Waals surface area contributed by atoms with Crippen molar-refractivity contribution in [2.75, 3.05) is 0 Å². The first kappa shape index (κ1) is 47.8. The van der Waals surface area contributed by atoms with E-state index in [2.05, 4.69) is 0 Å². The number of aliphatic hydroxyl groups excluding tert-OH is 2. The van der Waals surface area contributed by atoms with Gasteiger partial charge < -0.3 is 30.0 Å². The molecule has 2 atom stereocenters. The summed E-state index contributed by atoms with van der Waals surface area (Å²) in [6, 6.07) is 0. The van der Waals surface area contributed by atoms with Gasteiger partial charge in [0.1, 0.15) is 0 Å². The van der Waals surface area contributed by atoms with Gasteiger partial charge in [0.2, 0.25) is 0 Å². The van der Waals surface area contributed by atoms with E-state index in [1.165, 1.54) is 116 Å². The van der Waals surface area contributed by atoms with Gasteiger partial charge in [-0.3, -0.25) is 0 Å². The van der Waals surface area contributed by atoms with Gasteiger partial charge in [-0.1, -0.05) is 155 Å². The molecule has 0 spiro atoms. The molecule has 0 aliphatic heterocycles. The number of carboxylic acids is 2. The molecule has 0 aliphatic carbocycles. The Balaban J connectivity index is -0.000000727. The van der Waals surface area contributed by atoms with Gasteiger partial charge in [0.05, 0.1) is 12.2 Å². The first-order chi connectivity index (χ1) is 20.3. The fraction of sp³-hybridized carbons (Fsp3) is 0.944. The summed E-state index contributed by atoms with van der Waals surface area (Å²) in [6.07, 6.45) is 33.0. The van der Waals surface area contributed by atoms with Gasteiger partial charge in [0.15, 0.2) is 0 Å². The Bertz CT molecular complexity index is 512. The maximum absolute atomic E-state index is 10.2. The van der Waals surface area contributed by atoms with Crippen LogP contribution in [0, 0.1) is 0 Å². The van der Waals surface area contributed by atoms with Crippen LogP contribution >= 0.6 is 0 Å². The minimum absolute atomic E-state index is 0. The van der Waals surface area contributed by atoms with E-state index in [1.807, 2.05) is 13.8 Å². The molecule has 0 aromatic carbocycles. The topological polar surface area (TPSA) is 121 Å². The largest absolute Gasteiger partial charge is 2.00 e. The minimum Gasteiger partial charge on any atom is -0.550 e. The molecule has 43 heavy (non-hydrogen) atoms. The van der Waals surface area contributed by atoms with E-state index in [-0.39, 0.29) is 73.9 Å². The molecule has 252 valence electrons. The van der Waals surface area contributed by atoms with Crippen LogP contribution in [0.1, 0.15) is 206 Å². The van der Waals surface area contributed by atoms with Gasteiger partial charge in [0, 0.05) is 11.9 Å². The average molecular weight is 736 g/mol. The Morgan fingerprint density at radius 2 is 0.605 bits per heavy atom. The van der Waals surface area contributed by atoms with Crippen molar-refractivity contribution in [2.24, 2.45) is 0 Å². The normalized spacial score (nSPS) is 12.2. The molecule has 0 heterocycles. The van der Waals surface area contributed by atoms with Crippen LogP contribution in [0.25, 0.3) is 0 Å². The van der Waals surface area contributed by atoms with Gasteiger partial charge in [-0.05, 0) is 51.4 Å². The van der Waals surface area contributed by atoms with Crippen LogP contribution in [-0.2, 0) is 9.59 Å². The van der Waals surface area contributed by atoms with Crippen molar-refractivity contribution in [3.8, 4) is 0 Å². The van der Waals surface area contributed by atoms with Crippen molar-refractivity contribution in [2.45, 2.75) is 219 Å². The number of aliphatic carboxylic acids is 2. The first-order valence-corrected chi connectivity index (χ1v) is 18.1. The van der Waals surface area contributed by atoms with Crippen molar-refractivity contribution in [3.63, 3.8) is 0 Å². The van der Waals surface area contributed by atoms with Gasteiger partial charge in [-0.25, -0.2) is 0 Å². The third-order valence-corrected chi connectivity index (χ3v) is 8.28. The Labute approximate surface area is 307 Å². The maximum atomic E-state index is 10.2. The van der Waals surface area contributed by atoms with E-state index in [4.69, 9.17) is 0 Å². The van der Waals surface area contributed by atoms with Crippen LogP contribution in [0.3, 0.4) is 0 Å². The van der Waals surface area contributed by atoms with Crippen molar-refractivity contribution in [1.29, 1.82) is 0 Å². The van der Waals surface area contributed by atoms with Crippen molar-refractivity contribution >= 4 is 60.8 Å². The standard InChI is InChI=1S/2C18H36O3.Ba/c2*1-2-17(19)15-13-11-9-7-5-3-4-6-8-10-12-14-16-18(20)21;/h2*17,19H,2-16H2,1H3,(H,20,21);/q;;+2/p-2. The van der Waals surface area contributed by atoms with Crippen LogP contribution in [-0.4, -0.2) is 83.2 Å². The zero-order valence-corrected chi connectivity index (χ0v) is 33.0. The van der Waals surface area contributed by atoms with Crippen molar-refractivity contribution in [3.05, 3.63) is 0 Å². The molecule has 6 nitrogen and oxygen atoms in total. The fourth-order valence-electron chi connectivity index (χ4n) is 5.24. The maximum Gasteiger partial charge on any atom is 2.00 e. The molecule has 2 unspecified atom stereocenters. The third kappa shape index (κ3) is 47.0. The Morgan fingerprint density at radius 3 is 0.791 bits per heavy atom. The summed E-state index contributed by atoms with van der Waals surface area (Å²) in [5.41, 5.74) is 0. The second-order valence-electron chi connectivity index (χ2n) is 12.4. The van der Waals surface area contributed by atoms with Crippen LogP contribution < -0.4 is 10.2 Å². The number of carbonyl (C=O) groups is 2. The van der Waals surface area contributed by atoms with Gasteiger partial charge in [-0.2, -0.15) is 0 Å². The minimum atomic E-state index is -0.917. The number of carbonyl (C=O) groups excluding carboxylic acids is 2. The van der Waals surface area contributed by atoms with Gasteiger partial charge in [-0.15, -0.1) is 0 Å². The summed E-state index contributed by atoms with van der Waals surface area (Å²) in [6.45, 7) is 4.07. The molecule has 0 rings (SSSR count). The molecule has 0 aromatic rings. The molecular weight excluding hydrogens is 666 g/mol. The van der Waals surface area contributed by atoms with Crippen molar-refractivity contribution in [1.82, 2.24) is 0 Å². The monoisotopic (exact) mass is 736 g/mol. The molecule has 2 N–H and O–H groups in total. The number of unbranched alkanes of at least 4 members (excludes halogenated alkanes) is 22. The molecule has 7 heteroatoms. The second-order valence-corrected chi connectivity index (χ2v) is 12.4. The molecule has 0 saturated heterocycles. The summed E-state index contributed by atoms with van der Waals surface area (Å²) >= 11 is 0. The zero-order valence-electron chi connectivity index (χ0n) is 28.6. The summed E-state index contributed by atoms with van der Waals surface area (Å²) in [7, 11) is 0. The van der Waals surface area contributed by atoms with E-state index in [0.29, 0.717) is 0 Å². The number of aliphatic hydroxyl groups is 2. The SMILES string of the molecule is CCC(O)CCCCCCCCCCCCCCC(=O)[O-].CCC(O)CCCCCCCCCCCCCCC(=O)[O-].[Ba+2]. The Kier molecular flexibility index (Phi) is 45.0. The average Bonchev–Trinajstić information content (AvgIpc) is 2.97. The summed E-state index contributed by atoms with van der Waals surface area (Å²) in [5, 5.41) is 39.3. The molecule has 0 bridgehead atoms. The zero-order chi connectivity index (χ0) is 31.5. The molecule has 0 saturated carbocycles. The molecule has 0 fully saturated rings. The Hall–Kier alpha value is 0.431. The van der Waals surface area contributed by atoms with E-state index in [1.54, 1.807) is 0 Å². The molecular formula is C36H70BaO6. The second kappa shape index (κ2) is 40.5. The molecule has 0 amide bonds. The summed E-state index contributed by atoms with van der Waals surface area (Å²) in [5.74, 6) is -1.83. The van der Waals surface area contributed by atoms with Crippen LogP contribution in [0.2, 0.25) is 0 Å². The number of rotatable bonds is 32. The predicted molar refractivity (Wildman–Crippen MR) is 178 cm³/mol. The van der Waals surface area contributed by atoms with E-state index < -0.39 is 11.9 Å². The summed E-state index contributed by atoms with van der Waals surface area (Å²) < 4.78 is 0. The van der Waals surface area contributed by atoms with Crippen molar-refractivity contribution < 1.29 is 30.0 Å².